The molecule has 1 N–H and O–H groups in total. The van der Waals surface area contributed by atoms with Gasteiger partial charge in [0.15, 0.2) is 5.72 Å². The fourth-order valence-corrected chi connectivity index (χ4v) is 5.85. The molecule has 2 aliphatic heterocycles. The molecule has 0 radical (unpaired) electrons. The minimum atomic E-state index is -0.656. The van der Waals surface area contributed by atoms with Crippen LogP contribution >= 0.6 is 0 Å². The molecule has 28 heavy (non-hydrogen) atoms. The number of hydrogen-bond acceptors (Lipinski definition) is 4. The van der Waals surface area contributed by atoms with Crippen LogP contribution in [0.25, 0.3) is 0 Å². The lowest BCUT2D eigenvalue weighted by Gasteiger charge is -2.55. The van der Waals surface area contributed by atoms with Crippen LogP contribution in [0.3, 0.4) is 0 Å². The van der Waals surface area contributed by atoms with E-state index in [1.807, 2.05) is 36.9 Å². The predicted molar refractivity (Wildman–Crippen MR) is 103 cm³/mol. The van der Waals surface area contributed by atoms with E-state index in [1.54, 1.807) is 6.07 Å². The van der Waals surface area contributed by atoms with Gasteiger partial charge in [-0.05, 0) is 51.2 Å². The Kier molecular flexibility index (Phi) is 4.16. The molecule has 2 heterocycles. The Bertz CT molecular complexity index is 801. The third-order valence-corrected chi connectivity index (χ3v) is 7.02. The minimum absolute atomic E-state index is 0.0274. The van der Waals surface area contributed by atoms with Crippen LogP contribution in [0.5, 0.6) is 5.75 Å². The Morgan fingerprint density at radius 2 is 1.93 bits per heavy atom. The number of fused-ring (bicyclic) bond motifs is 3. The largest absolute Gasteiger partial charge is 0.467 e. The van der Waals surface area contributed by atoms with Gasteiger partial charge in [0.05, 0.1) is 17.8 Å². The summed E-state index contributed by atoms with van der Waals surface area (Å²) in [5, 5.41) is 3.17. The van der Waals surface area contributed by atoms with Crippen molar-refractivity contribution in [3.63, 3.8) is 0 Å². The van der Waals surface area contributed by atoms with Crippen molar-refractivity contribution in [3.8, 4) is 5.75 Å². The first-order chi connectivity index (χ1) is 13.4. The van der Waals surface area contributed by atoms with E-state index < -0.39 is 5.72 Å². The van der Waals surface area contributed by atoms with Crippen LogP contribution < -0.4 is 10.1 Å². The number of para-hydroxylation sites is 1. The lowest BCUT2D eigenvalue weighted by Crippen LogP contribution is -2.67. The minimum Gasteiger partial charge on any atom is -0.467 e. The smallest absolute Gasteiger partial charge is 0.258 e. The van der Waals surface area contributed by atoms with Gasteiger partial charge in [-0.1, -0.05) is 12.1 Å². The summed E-state index contributed by atoms with van der Waals surface area (Å²) >= 11 is 0. The van der Waals surface area contributed by atoms with Crippen molar-refractivity contribution in [2.75, 3.05) is 13.1 Å². The quantitative estimate of drug-likeness (QED) is 0.808. The molecule has 5 aliphatic rings. The van der Waals surface area contributed by atoms with Gasteiger partial charge in [-0.3, -0.25) is 9.59 Å². The van der Waals surface area contributed by atoms with Gasteiger partial charge in [0, 0.05) is 31.3 Å². The van der Waals surface area contributed by atoms with Crippen molar-refractivity contribution >= 4 is 11.8 Å². The maximum atomic E-state index is 13.3. The Morgan fingerprint density at radius 3 is 2.64 bits per heavy atom. The fourth-order valence-electron chi connectivity index (χ4n) is 5.85. The van der Waals surface area contributed by atoms with Gasteiger partial charge in [0.2, 0.25) is 5.91 Å². The number of ether oxygens (including phenoxy) is 2. The molecule has 1 saturated heterocycles. The lowest BCUT2D eigenvalue weighted by atomic mass is 9.59. The molecule has 6 nitrogen and oxygen atoms in total. The molecule has 1 aromatic rings. The molecule has 6 rings (SSSR count). The van der Waals surface area contributed by atoms with E-state index in [-0.39, 0.29) is 41.8 Å². The Balaban J connectivity index is 1.36. The van der Waals surface area contributed by atoms with Gasteiger partial charge in [-0.15, -0.1) is 0 Å². The number of rotatable bonds is 1. The van der Waals surface area contributed by atoms with Crippen LogP contribution in [0.4, 0.5) is 0 Å². The van der Waals surface area contributed by atoms with Gasteiger partial charge in [0.25, 0.3) is 5.91 Å². The second kappa shape index (κ2) is 6.48. The maximum Gasteiger partial charge on any atom is 0.258 e. The number of nitrogens with zero attached hydrogens (tertiary/aromatic N) is 1. The van der Waals surface area contributed by atoms with Crippen molar-refractivity contribution in [2.24, 2.45) is 17.8 Å². The second-order valence-corrected chi connectivity index (χ2v) is 9.02. The first-order valence-corrected chi connectivity index (χ1v) is 10.5. The molecule has 3 saturated carbocycles. The zero-order valence-corrected chi connectivity index (χ0v) is 16.5. The Labute approximate surface area is 165 Å². The number of nitrogens with one attached hydrogen (secondary N) is 1. The third-order valence-electron chi connectivity index (χ3n) is 7.02. The normalized spacial score (nSPS) is 39.3. The van der Waals surface area contributed by atoms with E-state index in [2.05, 4.69) is 5.32 Å². The monoisotopic (exact) mass is 384 g/mol. The topological polar surface area (TPSA) is 67.9 Å². The van der Waals surface area contributed by atoms with Gasteiger partial charge in [0.1, 0.15) is 5.75 Å². The molecule has 2 amide bonds. The highest BCUT2D eigenvalue weighted by Gasteiger charge is 2.57. The van der Waals surface area contributed by atoms with Gasteiger partial charge in [-0.2, -0.15) is 0 Å². The molecule has 6 atom stereocenters. The average Bonchev–Trinajstić information content (AvgIpc) is 2.67. The molecular formula is C22H28N2O4. The molecule has 3 aliphatic carbocycles. The van der Waals surface area contributed by atoms with Crippen LogP contribution in [-0.2, 0) is 9.53 Å². The van der Waals surface area contributed by atoms with Gasteiger partial charge < -0.3 is 19.7 Å². The number of amides is 2. The summed E-state index contributed by atoms with van der Waals surface area (Å²) in [6.45, 7) is 5.40. The number of carbonyl (C=O) groups is 2. The van der Waals surface area contributed by atoms with Crippen LogP contribution in [0.15, 0.2) is 24.3 Å². The first-order valence-electron chi connectivity index (χ1n) is 10.5. The first kappa shape index (κ1) is 18.0. The van der Waals surface area contributed by atoms with E-state index in [9.17, 15) is 9.59 Å². The summed E-state index contributed by atoms with van der Waals surface area (Å²) in [4.78, 5) is 28.0. The maximum absolute atomic E-state index is 13.3. The van der Waals surface area contributed by atoms with Crippen molar-refractivity contribution in [3.05, 3.63) is 29.8 Å². The molecule has 0 aromatic heterocycles. The van der Waals surface area contributed by atoms with E-state index in [1.165, 1.54) is 0 Å². The second-order valence-electron chi connectivity index (χ2n) is 9.02. The Morgan fingerprint density at radius 1 is 1.18 bits per heavy atom. The van der Waals surface area contributed by atoms with Crippen molar-refractivity contribution < 1.29 is 19.1 Å². The van der Waals surface area contributed by atoms with Crippen molar-refractivity contribution in [1.29, 1.82) is 0 Å². The third kappa shape index (κ3) is 2.81. The van der Waals surface area contributed by atoms with Crippen LogP contribution in [0.2, 0.25) is 0 Å². The van der Waals surface area contributed by atoms with E-state index in [4.69, 9.17) is 9.47 Å². The summed E-state index contributed by atoms with van der Waals surface area (Å²) in [5.74, 6) is 1.30. The van der Waals surface area contributed by atoms with E-state index in [0.29, 0.717) is 30.8 Å². The fraction of sp³-hybridized carbons (Fsp3) is 0.636. The summed E-state index contributed by atoms with van der Waals surface area (Å²) in [6.07, 6.45) is 3.68. The van der Waals surface area contributed by atoms with E-state index in [0.717, 1.165) is 19.3 Å². The molecule has 150 valence electrons. The number of carbonyl (C=O) groups excluding carboxylic acids is 2. The highest BCUT2D eigenvalue weighted by atomic mass is 16.5. The summed E-state index contributed by atoms with van der Waals surface area (Å²) in [6, 6.07) is 7.42. The lowest BCUT2D eigenvalue weighted by molar-refractivity contribution is -0.164. The zero-order chi connectivity index (χ0) is 19.5. The van der Waals surface area contributed by atoms with E-state index >= 15 is 0 Å². The highest BCUT2D eigenvalue weighted by molar-refractivity contribution is 5.98. The molecule has 4 fully saturated rings. The summed E-state index contributed by atoms with van der Waals surface area (Å²) < 4.78 is 12.2. The molecule has 6 heteroatoms. The van der Waals surface area contributed by atoms with Crippen LogP contribution in [-0.4, -0.2) is 47.7 Å². The number of hydrogen-bond donors (Lipinski definition) is 1. The van der Waals surface area contributed by atoms with Crippen molar-refractivity contribution in [1.82, 2.24) is 10.2 Å². The van der Waals surface area contributed by atoms with Gasteiger partial charge in [-0.25, -0.2) is 0 Å². The Hall–Kier alpha value is -2.08. The van der Waals surface area contributed by atoms with Gasteiger partial charge >= 0.3 is 0 Å². The molecule has 1 aromatic carbocycles. The van der Waals surface area contributed by atoms with Crippen LogP contribution in [0.1, 0.15) is 49.9 Å². The average molecular weight is 384 g/mol. The highest BCUT2D eigenvalue weighted by Crippen LogP contribution is 2.52. The predicted octanol–water partition coefficient (Wildman–Crippen LogP) is 2.58. The number of morpholine rings is 1. The molecular weight excluding hydrogens is 356 g/mol. The number of benzene rings is 1. The summed E-state index contributed by atoms with van der Waals surface area (Å²) in [5.41, 5.74) is -0.0602. The standard InChI is InChI=1S/C22H28N2O4/c1-13-11-24(12-14(2)27-13)21(26)18-9-16-8-7-15(18)10-22(16)23-20(25)17-5-3-4-6-19(17)28-22/h3-6,13-16,18H,7-12H2,1-2H3,(H,23,25)/t13-,14-,15+,16-,18-,22-/m1/s1. The zero-order valence-electron chi connectivity index (χ0n) is 16.5. The summed E-state index contributed by atoms with van der Waals surface area (Å²) in [7, 11) is 0. The van der Waals surface area contributed by atoms with Crippen LogP contribution in [0, 0.1) is 17.8 Å². The van der Waals surface area contributed by atoms with Crippen molar-refractivity contribution in [2.45, 2.75) is 57.5 Å². The molecule has 1 spiro atoms. The molecule has 0 unspecified atom stereocenters. The molecule has 2 bridgehead atoms. The SMILES string of the molecule is C[C@@H]1CN(C(=O)[C@@H]2C[C@H]3CC[C@H]2C[C@]32NC(=O)c3ccccc3O2)C[C@@H](C)O1.